The number of nitrogens with one attached hydrogen (secondary N) is 2. The molecule has 7 nitrogen and oxygen atoms in total. The number of aromatic nitrogens is 3. The van der Waals surface area contributed by atoms with Crippen molar-refractivity contribution in [1.29, 1.82) is 0 Å². The van der Waals surface area contributed by atoms with E-state index >= 15 is 0 Å². The molecule has 3 rings (SSSR count). The normalized spacial score (nSPS) is 12.7. The summed E-state index contributed by atoms with van der Waals surface area (Å²) >= 11 is -2.19. The maximum absolute atomic E-state index is 10.7. The molecule has 1 aromatic carbocycles. The lowest BCUT2D eigenvalue weighted by molar-refractivity contribution is 0.570. The van der Waals surface area contributed by atoms with Crippen molar-refractivity contribution in [2.24, 2.45) is 0 Å². The highest BCUT2D eigenvalue weighted by Gasteiger charge is 2.15. The molecule has 8 heteroatoms. The van der Waals surface area contributed by atoms with Gasteiger partial charge in [-0.05, 0) is 12.1 Å². The molecule has 0 saturated carbocycles. The van der Waals surface area contributed by atoms with E-state index in [1.165, 1.54) is 6.20 Å². The van der Waals surface area contributed by atoms with Crippen LogP contribution in [0.5, 0.6) is 0 Å². The molecule has 0 spiro atoms. The molecular formula is C10H8N4O3S. The van der Waals surface area contributed by atoms with Crippen LogP contribution in [0.15, 0.2) is 34.9 Å². The number of benzene rings is 1. The monoisotopic (exact) mass is 264 g/mol. The van der Waals surface area contributed by atoms with E-state index in [4.69, 9.17) is 8.97 Å². The van der Waals surface area contributed by atoms with Crippen LogP contribution in [0.25, 0.3) is 22.6 Å². The minimum Gasteiger partial charge on any atom is -0.436 e. The molecule has 0 radical (unpaired) electrons. The third kappa shape index (κ3) is 1.87. The van der Waals surface area contributed by atoms with Gasteiger partial charge in [-0.1, -0.05) is 12.1 Å². The molecule has 18 heavy (non-hydrogen) atoms. The Bertz CT molecular complexity index is 688. The molecule has 2 heterocycles. The van der Waals surface area contributed by atoms with E-state index in [1.807, 2.05) is 18.2 Å². The average molecular weight is 264 g/mol. The zero-order chi connectivity index (χ0) is 12.5. The van der Waals surface area contributed by atoms with Gasteiger partial charge in [0.25, 0.3) is 11.3 Å². The molecular weight excluding hydrogens is 256 g/mol. The number of fused-ring (bicyclic) bond motifs is 1. The van der Waals surface area contributed by atoms with Crippen molar-refractivity contribution in [3.05, 3.63) is 30.5 Å². The van der Waals surface area contributed by atoms with Crippen LogP contribution in [-0.2, 0) is 11.3 Å². The van der Waals surface area contributed by atoms with Crippen LogP contribution in [0.1, 0.15) is 0 Å². The summed E-state index contributed by atoms with van der Waals surface area (Å²) < 4.78 is 27.4. The molecule has 0 amide bonds. The number of oxazole rings is 1. The fourth-order valence-electron chi connectivity index (χ4n) is 1.60. The highest BCUT2D eigenvalue weighted by Crippen LogP contribution is 2.28. The van der Waals surface area contributed by atoms with Crippen LogP contribution in [-0.4, -0.2) is 23.9 Å². The minimum atomic E-state index is -2.19. The molecule has 1 atom stereocenters. The molecule has 0 aliphatic carbocycles. The molecule has 1 unspecified atom stereocenters. The van der Waals surface area contributed by atoms with Crippen molar-refractivity contribution in [3.8, 4) is 11.5 Å². The number of anilines is 1. The predicted molar refractivity (Wildman–Crippen MR) is 66.0 cm³/mol. The first-order valence-corrected chi connectivity index (χ1v) is 6.11. The van der Waals surface area contributed by atoms with E-state index in [1.54, 1.807) is 6.07 Å². The van der Waals surface area contributed by atoms with Gasteiger partial charge in [0.2, 0.25) is 5.89 Å². The lowest BCUT2D eigenvalue weighted by Crippen LogP contribution is -2.03. The van der Waals surface area contributed by atoms with E-state index in [2.05, 4.69) is 19.9 Å². The maximum Gasteiger partial charge on any atom is 0.260 e. The van der Waals surface area contributed by atoms with E-state index in [9.17, 15) is 4.21 Å². The molecule has 0 aliphatic rings. The van der Waals surface area contributed by atoms with Gasteiger partial charge in [-0.15, -0.1) is 0 Å². The van der Waals surface area contributed by atoms with Gasteiger partial charge < -0.3 is 4.42 Å². The van der Waals surface area contributed by atoms with Crippen LogP contribution in [0.2, 0.25) is 0 Å². The summed E-state index contributed by atoms with van der Waals surface area (Å²) in [5.41, 5.74) is 1.85. The summed E-state index contributed by atoms with van der Waals surface area (Å²) in [5, 5.41) is 6.35. The van der Waals surface area contributed by atoms with Gasteiger partial charge >= 0.3 is 0 Å². The van der Waals surface area contributed by atoms with Gasteiger partial charge in [0.05, 0.1) is 11.8 Å². The van der Waals surface area contributed by atoms with E-state index in [0.717, 1.165) is 0 Å². The Labute approximate surface area is 104 Å². The van der Waals surface area contributed by atoms with Crippen molar-refractivity contribution in [1.82, 2.24) is 15.2 Å². The van der Waals surface area contributed by atoms with Gasteiger partial charge in [-0.2, -0.15) is 5.10 Å². The summed E-state index contributed by atoms with van der Waals surface area (Å²) in [5.74, 6) is 0.611. The van der Waals surface area contributed by atoms with E-state index in [-0.39, 0.29) is 5.82 Å². The second-order valence-electron chi connectivity index (χ2n) is 3.50. The third-order valence-electron chi connectivity index (χ3n) is 2.35. The Morgan fingerprint density at radius 3 is 3.00 bits per heavy atom. The summed E-state index contributed by atoms with van der Waals surface area (Å²) in [6.07, 6.45) is 1.47. The molecule has 0 saturated heterocycles. The molecule has 2 aromatic heterocycles. The Balaban J connectivity index is 2.08. The van der Waals surface area contributed by atoms with Crippen molar-refractivity contribution < 1.29 is 13.2 Å². The second kappa shape index (κ2) is 4.24. The fourth-order valence-corrected chi connectivity index (χ4v) is 1.93. The molecule has 0 bridgehead atoms. The van der Waals surface area contributed by atoms with Gasteiger partial charge in [0.1, 0.15) is 11.3 Å². The standard InChI is InChI=1S/C10H8N4O3S/c15-18(16)14-9-6(5-11-13-9)10-12-7-3-1-2-4-8(7)17-10/h1-5H,(H,15,16)(H2,11,13,14). The third-order valence-corrected chi connectivity index (χ3v) is 2.73. The Morgan fingerprint density at radius 1 is 1.39 bits per heavy atom. The van der Waals surface area contributed by atoms with Crippen LogP contribution in [0.3, 0.4) is 0 Å². The average Bonchev–Trinajstić information content (AvgIpc) is 2.93. The van der Waals surface area contributed by atoms with Crippen molar-refractivity contribution in [2.45, 2.75) is 0 Å². The number of rotatable bonds is 3. The quantitative estimate of drug-likeness (QED) is 0.625. The van der Waals surface area contributed by atoms with Crippen molar-refractivity contribution in [3.63, 3.8) is 0 Å². The smallest absolute Gasteiger partial charge is 0.260 e. The minimum absolute atomic E-state index is 0.280. The highest BCUT2D eigenvalue weighted by atomic mass is 32.2. The first-order chi connectivity index (χ1) is 8.74. The fraction of sp³-hybridized carbons (Fsp3) is 0. The number of aromatic amines is 1. The number of H-pyrrole nitrogens is 1. The van der Waals surface area contributed by atoms with Crippen molar-refractivity contribution >= 4 is 28.2 Å². The van der Waals surface area contributed by atoms with E-state index in [0.29, 0.717) is 22.6 Å². The molecule has 92 valence electrons. The zero-order valence-electron chi connectivity index (χ0n) is 8.95. The van der Waals surface area contributed by atoms with Gasteiger partial charge in [-0.3, -0.25) is 14.4 Å². The Hall–Kier alpha value is -2.19. The lowest BCUT2D eigenvalue weighted by Gasteiger charge is -1.98. The molecule has 0 fully saturated rings. The number of hydrogen-bond acceptors (Lipinski definition) is 4. The van der Waals surface area contributed by atoms with Gasteiger partial charge in [0, 0.05) is 0 Å². The number of para-hydroxylation sites is 2. The number of hydrogen-bond donors (Lipinski definition) is 3. The maximum atomic E-state index is 10.7. The van der Waals surface area contributed by atoms with Crippen LogP contribution >= 0.6 is 0 Å². The SMILES string of the molecule is O=S(O)Nc1[nH]ncc1-c1nc2ccccc2o1. The van der Waals surface area contributed by atoms with Crippen LogP contribution in [0.4, 0.5) is 5.82 Å². The Kier molecular flexibility index (Phi) is 2.58. The predicted octanol–water partition coefficient (Wildman–Crippen LogP) is 1.77. The van der Waals surface area contributed by atoms with Gasteiger partial charge in [0.15, 0.2) is 5.58 Å². The Morgan fingerprint density at radius 2 is 2.22 bits per heavy atom. The van der Waals surface area contributed by atoms with Crippen molar-refractivity contribution in [2.75, 3.05) is 4.72 Å². The summed E-state index contributed by atoms with van der Waals surface area (Å²) in [4.78, 5) is 4.28. The molecule has 0 aliphatic heterocycles. The second-order valence-corrected chi connectivity index (χ2v) is 4.20. The van der Waals surface area contributed by atoms with E-state index < -0.39 is 11.3 Å². The molecule has 3 N–H and O–H groups in total. The lowest BCUT2D eigenvalue weighted by atomic mass is 10.3. The summed E-state index contributed by atoms with van der Waals surface area (Å²) in [7, 11) is 0. The largest absolute Gasteiger partial charge is 0.436 e. The molecule has 3 aromatic rings. The van der Waals surface area contributed by atoms with Crippen LogP contribution < -0.4 is 4.72 Å². The highest BCUT2D eigenvalue weighted by molar-refractivity contribution is 7.80. The first kappa shape index (κ1) is 10.9. The van der Waals surface area contributed by atoms with Crippen LogP contribution in [0, 0.1) is 0 Å². The van der Waals surface area contributed by atoms with Gasteiger partial charge in [-0.25, -0.2) is 9.19 Å². The first-order valence-electron chi connectivity index (χ1n) is 5.01. The summed E-state index contributed by atoms with van der Waals surface area (Å²) in [6.45, 7) is 0. The zero-order valence-corrected chi connectivity index (χ0v) is 9.77. The topological polar surface area (TPSA) is 104 Å². The summed E-state index contributed by atoms with van der Waals surface area (Å²) in [6, 6.07) is 7.31. The number of nitrogens with zero attached hydrogens (tertiary/aromatic N) is 2.